The van der Waals surface area contributed by atoms with Gasteiger partial charge >= 0.3 is 5.97 Å². The minimum atomic E-state index is -0.583. The summed E-state index contributed by atoms with van der Waals surface area (Å²) in [6, 6.07) is 0. The summed E-state index contributed by atoms with van der Waals surface area (Å²) < 4.78 is 5.05. The van der Waals surface area contributed by atoms with Gasteiger partial charge in [-0.25, -0.2) is 0 Å². The van der Waals surface area contributed by atoms with E-state index in [1.165, 1.54) is 0 Å². The maximum atomic E-state index is 11.0. The van der Waals surface area contributed by atoms with Crippen LogP contribution in [0.15, 0.2) is 60.8 Å². The van der Waals surface area contributed by atoms with Crippen LogP contribution in [0, 0.1) is 0 Å². The Hall–Kier alpha value is -1.87. The van der Waals surface area contributed by atoms with Crippen molar-refractivity contribution in [3.8, 4) is 0 Å². The highest BCUT2D eigenvalue weighted by Crippen LogP contribution is 2.19. The molecular weight excluding hydrogens is 312 g/mol. The summed E-state index contributed by atoms with van der Waals surface area (Å²) in [6.07, 6.45) is 26.9. The monoisotopic (exact) mass is 344 g/mol. The second kappa shape index (κ2) is 14.5. The largest absolute Gasteiger partial charge is 0.460 e. The Labute approximate surface area is 152 Å². The smallest absolute Gasteiger partial charge is 0.306 e. The molecule has 0 unspecified atom stereocenters. The van der Waals surface area contributed by atoms with Crippen molar-refractivity contribution in [2.75, 3.05) is 0 Å². The van der Waals surface area contributed by atoms with Crippen molar-refractivity contribution in [2.24, 2.45) is 0 Å². The number of carbonyl (C=O) groups is 1. The minimum absolute atomic E-state index is 0.201. The van der Waals surface area contributed by atoms with Gasteiger partial charge in [0.05, 0.1) is 6.10 Å². The van der Waals surface area contributed by atoms with Crippen molar-refractivity contribution in [3.63, 3.8) is 0 Å². The molecule has 0 aromatic heterocycles. The molecule has 3 heteroatoms. The molecule has 0 radical (unpaired) electrons. The molecule has 0 spiro atoms. The first kappa shape index (κ1) is 21.2. The van der Waals surface area contributed by atoms with Crippen molar-refractivity contribution in [1.29, 1.82) is 0 Å². The van der Waals surface area contributed by atoms with Gasteiger partial charge in [-0.15, -0.1) is 0 Å². The lowest BCUT2D eigenvalue weighted by molar-refractivity contribution is -0.145. The Kier molecular flexibility index (Phi) is 12.3. The molecule has 0 bridgehead atoms. The second-order valence-electron chi connectivity index (χ2n) is 6.08. The van der Waals surface area contributed by atoms with Crippen LogP contribution in [-0.4, -0.2) is 23.3 Å². The summed E-state index contributed by atoms with van der Waals surface area (Å²) in [4.78, 5) is 11.0. The number of rotatable bonds is 12. The Morgan fingerprint density at radius 2 is 1.40 bits per heavy atom. The van der Waals surface area contributed by atoms with Crippen LogP contribution in [0.3, 0.4) is 0 Å². The first-order valence-electron chi connectivity index (χ1n) is 9.36. The van der Waals surface area contributed by atoms with E-state index in [4.69, 9.17) is 4.74 Å². The molecule has 0 aromatic carbocycles. The fourth-order valence-corrected chi connectivity index (χ4v) is 2.46. The number of aliphatic hydroxyl groups is 1. The number of ether oxygens (including phenoxy) is 1. The first-order chi connectivity index (χ1) is 12.2. The third-order valence-corrected chi connectivity index (χ3v) is 3.88. The van der Waals surface area contributed by atoms with E-state index in [1.54, 1.807) is 0 Å². The predicted octanol–water partition coefficient (Wildman–Crippen LogP) is 5.19. The molecule has 0 aliphatic carbocycles. The van der Waals surface area contributed by atoms with Crippen LogP contribution in [-0.2, 0) is 9.53 Å². The van der Waals surface area contributed by atoms with Crippen molar-refractivity contribution in [1.82, 2.24) is 0 Å². The normalized spacial score (nSPS) is 20.1. The Bertz CT molecular complexity index is 497. The molecule has 0 amide bonds. The Balaban J connectivity index is 2.01. The molecule has 138 valence electrons. The van der Waals surface area contributed by atoms with E-state index in [0.717, 1.165) is 32.1 Å². The van der Waals surface area contributed by atoms with Gasteiger partial charge in [0.15, 0.2) is 0 Å². The maximum absolute atomic E-state index is 11.0. The standard InChI is InChI=1S/C22H32O3/c1-2-3-4-5-6-7-8-9-10-11-12-13-14-15-16-17-20(23)21-18-19-22(24)25-21/h3-4,6-7,9-10,12-13,15-16,20-21,23H,2,5,8,11,14,17-19H2,1H3/b4-3-,7-6-,10-9-,13-12-,16-15-/t20-,21+/m0/s1. The fourth-order valence-electron chi connectivity index (χ4n) is 2.46. The lowest BCUT2D eigenvalue weighted by Gasteiger charge is -2.14. The summed E-state index contributed by atoms with van der Waals surface area (Å²) in [5, 5.41) is 9.91. The molecule has 1 heterocycles. The summed E-state index contributed by atoms with van der Waals surface area (Å²) in [7, 11) is 0. The lowest BCUT2D eigenvalue weighted by atomic mass is 10.1. The third kappa shape index (κ3) is 11.3. The van der Waals surface area contributed by atoms with Crippen LogP contribution in [0.25, 0.3) is 0 Å². The third-order valence-electron chi connectivity index (χ3n) is 3.88. The topological polar surface area (TPSA) is 46.5 Å². The highest BCUT2D eigenvalue weighted by atomic mass is 16.6. The molecule has 1 saturated heterocycles. The van der Waals surface area contributed by atoms with Crippen LogP contribution in [0.2, 0.25) is 0 Å². The van der Waals surface area contributed by atoms with E-state index in [-0.39, 0.29) is 12.1 Å². The molecule has 1 aliphatic heterocycles. The number of cyclic esters (lactones) is 1. The predicted molar refractivity (Wildman–Crippen MR) is 104 cm³/mol. The van der Waals surface area contributed by atoms with Crippen LogP contribution in [0.4, 0.5) is 0 Å². The first-order valence-corrected chi connectivity index (χ1v) is 9.36. The van der Waals surface area contributed by atoms with Crippen LogP contribution in [0.1, 0.15) is 58.3 Å². The van der Waals surface area contributed by atoms with Gasteiger partial charge in [0.1, 0.15) is 6.10 Å². The number of allylic oxidation sites excluding steroid dienone is 9. The summed E-state index contributed by atoms with van der Waals surface area (Å²) in [6.45, 7) is 2.14. The fraction of sp³-hybridized carbons (Fsp3) is 0.500. The SMILES string of the molecule is CC/C=C\C/C=C\C/C=C\C/C=C\C/C=C\C[C@H](O)[C@H]1CCC(=O)O1. The van der Waals surface area contributed by atoms with E-state index < -0.39 is 6.10 Å². The van der Waals surface area contributed by atoms with Gasteiger partial charge in [-0.05, 0) is 44.9 Å². The molecule has 0 aromatic rings. The lowest BCUT2D eigenvalue weighted by Crippen LogP contribution is -2.24. The molecule has 0 saturated carbocycles. The number of esters is 1. The zero-order valence-corrected chi connectivity index (χ0v) is 15.3. The van der Waals surface area contributed by atoms with E-state index in [1.807, 2.05) is 12.2 Å². The molecule has 25 heavy (non-hydrogen) atoms. The van der Waals surface area contributed by atoms with E-state index in [0.29, 0.717) is 19.3 Å². The second-order valence-corrected chi connectivity index (χ2v) is 6.08. The summed E-state index contributed by atoms with van der Waals surface area (Å²) >= 11 is 0. The van der Waals surface area contributed by atoms with Gasteiger partial charge in [0, 0.05) is 6.42 Å². The van der Waals surface area contributed by atoms with Gasteiger partial charge in [-0.3, -0.25) is 4.79 Å². The van der Waals surface area contributed by atoms with Crippen molar-refractivity contribution < 1.29 is 14.6 Å². The Morgan fingerprint density at radius 1 is 0.920 bits per heavy atom. The van der Waals surface area contributed by atoms with Gasteiger partial charge in [0.2, 0.25) is 0 Å². The quantitative estimate of drug-likeness (QED) is 0.391. The molecule has 1 aliphatic rings. The van der Waals surface area contributed by atoms with Crippen molar-refractivity contribution >= 4 is 5.97 Å². The highest BCUT2D eigenvalue weighted by molar-refractivity contribution is 5.71. The maximum Gasteiger partial charge on any atom is 0.306 e. The zero-order chi connectivity index (χ0) is 18.2. The van der Waals surface area contributed by atoms with Gasteiger partial charge in [-0.1, -0.05) is 67.7 Å². The van der Waals surface area contributed by atoms with E-state index >= 15 is 0 Å². The van der Waals surface area contributed by atoms with Crippen molar-refractivity contribution in [2.45, 2.75) is 70.5 Å². The van der Waals surface area contributed by atoms with Crippen LogP contribution >= 0.6 is 0 Å². The van der Waals surface area contributed by atoms with Crippen molar-refractivity contribution in [3.05, 3.63) is 60.8 Å². The van der Waals surface area contributed by atoms with Gasteiger partial charge in [0.25, 0.3) is 0 Å². The van der Waals surface area contributed by atoms with Gasteiger partial charge < -0.3 is 9.84 Å². The van der Waals surface area contributed by atoms with E-state index in [9.17, 15) is 9.90 Å². The molecule has 1 rings (SSSR count). The minimum Gasteiger partial charge on any atom is -0.460 e. The Morgan fingerprint density at radius 3 is 1.84 bits per heavy atom. The van der Waals surface area contributed by atoms with Crippen LogP contribution < -0.4 is 0 Å². The molecule has 1 fully saturated rings. The number of carbonyl (C=O) groups excluding carboxylic acids is 1. The molecular formula is C22H32O3. The number of hydrogen-bond donors (Lipinski definition) is 1. The van der Waals surface area contributed by atoms with E-state index in [2.05, 4.69) is 55.5 Å². The number of hydrogen-bond acceptors (Lipinski definition) is 3. The summed E-state index contributed by atoms with van der Waals surface area (Å²) in [5.41, 5.74) is 0. The summed E-state index contributed by atoms with van der Waals surface area (Å²) in [5.74, 6) is -0.201. The van der Waals surface area contributed by atoms with Crippen LogP contribution in [0.5, 0.6) is 0 Å². The average molecular weight is 344 g/mol. The molecule has 1 N–H and O–H groups in total. The highest BCUT2D eigenvalue weighted by Gasteiger charge is 2.28. The zero-order valence-electron chi connectivity index (χ0n) is 15.3. The molecule has 2 atom stereocenters. The average Bonchev–Trinajstić information content (AvgIpc) is 3.04. The number of aliphatic hydroxyl groups excluding tert-OH is 1. The van der Waals surface area contributed by atoms with Gasteiger partial charge in [-0.2, -0.15) is 0 Å². The molecule has 3 nitrogen and oxygen atoms in total.